The van der Waals surface area contributed by atoms with Gasteiger partial charge in [0.1, 0.15) is 6.29 Å². The quantitative estimate of drug-likeness (QED) is 0.746. The Morgan fingerprint density at radius 1 is 1.21 bits per heavy atom. The average Bonchev–Trinajstić information content (AvgIpc) is 2.19. The number of fused-ring (bicyclic) bond motifs is 1. The lowest BCUT2D eigenvalue weighted by Crippen LogP contribution is -1.87. The van der Waals surface area contributed by atoms with Crippen LogP contribution >= 0.6 is 15.9 Å². The van der Waals surface area contributed by atoms with Gasteiger partial charge in [-0.05, 0) is 28.5 Å². The van der Waals surface area contributed by atoms with Gasteiger partial charge in [0.2, 0.25) is 0 Å². The molecule has 2 aromatic rings. The van der Waals surface area contributed by atoms with Gasteiger partial charge in [-0.1, -0.05) is 40.2 Å². The summed E-state index contributed by atoms with van der Waals surface area (Å²) in [6.07, 6.45) is 1.42. The van der Waals surface area contributed by atoms with Crippen LogP contribution in [0, 0.1) is 0 Å². The minimum Gasteiger partial charge on any atom is -0.303 e. The number of halogens is 1. The molecule has 0 bridgehead atoms. The van der Waals surface area contributed by atoms with Crippen LogP contribution in [0.1, 0.15) is 5.56 Å². The zero-order chi connectivity index (χ0) is 9.97. The SMILES string of the molecule is O=CCc1cccc2ccc(Br)cc12. The zero-order valence-corrected chi connectivity index (χ0v) is 9.12. The van der Waals surface area contributed by atoms with Crippen molar-refractivity contribution < 1.29 is 4.79 Å². The van der Waals surface area contributed by atoms with E-state index in [0.29, 0.717) is 6.42 Å². The van der Waals surface area contributed by atoms with Crippen LogP contribution < -0.4 is 0 Å². The molecule has 0 spiro atoms. The minimum atomic E-state index is 0.480. The maximum atomic E-state index is 10.5. The van der Waals surface area contributed by atoms with Gasteiger partial charge in [0.25, 0.3) is 0 Å². The number of benzene rings is 2. The molecule has 2 aromatic carbocycles. The topological polar surface area (TPSA) is 17.1 Å². The molecule has 0 unspecified atom stereocenters. The second-order valence-corrected chi connectivity index (χ2v) is 4.07. The Balaban J connectivity index is 2.70. The molecule has 2 heteroatoms. The van der Waals surface area contributed by atoms with Crippen LogP contribution in [0.25, 0.3) is 10.8 Å². The molecular formula is C12H9BrO. The van der Waals surface area contributed by atoms with Crippen LogP contribution in [0.4, 0.5) is 0 Å². The van der Waals surface area contributed by atoms with E-state index in [4.69, 9.17) is 0 Å². The first-order chi connectivity index (χ1) is 6.81. The zero-order valence-electron chi connectivity index (χ0n) is 7.53. The van der Waals surface area contributed by atoms with Crippen molar-refractivity contribution in [2.45, 2.75) is 6.42 Å². The van der Waals surface area contributed by atoms with Gasteiger partial charge in [-0.3, -0.25) is 0 Å². The van der Waals surface area contributed by atoms with Gasteiger partial charge in [0, 0.05) is 10.9 Å². The van der Waals surface area contributed by atoms with Crippen LogP contribution in [0.15, 0.2) is 40.9 Å². The second kappa shape index (κ2) is 3.93. The van der Waals surface area contributed by atoms with E-state index in [2.05, 4.69) is 22.0 Å². The molecule has 0 aliphatic carbocycles. The summed E-state index contributed by atoms with van der Waals surface area (Å²) in [5.41, 5.74) is 1.08. The third kappa shape index (κ3) is 1.70. The smallest absolute Gasteiger partial charge is 0.124 e. The number of hydrogen-bond acceptors (Lipinski definition) is 1. The van der Waals surface area contributed by atoms with Crippen molar-refractivity contribution in [3.05, 3.63) is 46.4 Å². The standard InChI is InChI=1S/C12H9BrO/c13-11-5-4-9-2-1-3-10(6-7-14)12(9)8-11/h1-5,7-8H,6H2. The monoisotopic (exact) mass is 248 g/mol. The number of rotatable bonds is 2. The van der Waals surface area contributed by atoms with Crippen LogP contribution in [-0.4, -0.2) is 6.29 Å². The van der Waals surface area contributed by atoms with Crippen molar-refractivity contribution in [3.8, 4) is 0 Å². The molecule has 1 nitrogen and oxygen atoms in total. The van der Waals surface area contributed by atoms with Gasteiger partial charge in [0.05, 0.1) is 0 Å². The lowest BCUT2D eigenvalue weighted by atomic mass is 10.0. The molecule has 0 heterocycles. The molecule has 0 N–H and O–H groups in total. The first-order valence-electron chi connectivity index (χ1n) is 4.42. The van der Waals surface area contributed by atoms with E-state index in [1.165, 1.54) is 5.39 Å². The number of hydrogen-bond donors (Lipinski definition) is 0. The third-order valence-electron chi connectivity index (χ3n) is 2.24. The molecule has 0 aliphatic rings. The van der Waals surface area contributed by atoms with Crippen LogP contribution in [0.3, 0.4) is 0 Å². The Labute approximate surface area is 90.9 Å². The van der Waals surface area contributed by atoms with E-state index in [9.17, 15) is 4.79 Å². The fourth-order valence-electron chi connectivity index (χ4n) is 1.58. The molecule has 0 atom stereocenters. The molecule has 0 aromatic heterocycles. The van der Waals surface area contributed by atoms with E-state index in [1.807, 2.05) is 30.3 Å². The van der Waals surface area contributed by atoms with Crippen LogP contribution in [0.2, 0.25) is 0 Å². The Hall–Kier alpha value is -1.15. The van der Waals surface area contributed by atoms with E-state index >= 15 is 0 Å². The Morgan fingerprint density at radius 2 is 2.07 bits per heavy atom. The second-order valence-electron chi connectivity index (χ2n) is 3.15. The van der Waals surface area contributed by atoms with Gasteiger partial charge < -0.3 is 4.79 Å². The molecule has 0 radical (unpaired) electrons. The number of aldehydes is 1. The van der Waals surface area contributed by atoms with Gasteiger partial charge in [-0.2, -0.15) is 0 Å². The first kappa shape index (κ1) is 9.41. The average molecular weight is 249 g/mol. The first-order valence-corrected chi connectivity index (χ1v) is 5.21. The Bertz CT molecular complexity index is 477. The highest BCUT2D eigenvalue weighted by Crippen LogP contribution is 2.23. The number of carbonyl (C=O) groups is 1. The van der Waals surface area contributed by atoms with Gasteiger partial charge in [-0.25, -0.2) is 0 Å². The van der Waals surface area contributed by atoms with Gasteiger partial charge >= 0.3 is 0 Å². The normalized spacial score (nSPS) is 10.4. The summed E-state index contributed by atoms with van der Waals surface area (Å²) in [7, 11) is 0. The van der Waals surface area contributed by atoms with Crippen molar-refractivity contribution in [1.29, 1.82) is 0 Å². The molecule has 70 valence electrons. The van der Waals surface area contributed by atoms with E-state index in [-0.39, 0.29) is 0 Å². The molecule has 0 fully saturated rings. The van der Waals surface area contributed by atoms with Crippen molar-refractivity contribution in [2.24, 2.45) is 0 Å². The number of carbonyl (C=O) groups excluding carboxylic acids is 1. The van der Waals surface area contributed by atoms with E-state index < -0.39 is 0 Å². The molecule has 0 saturated heterocycles. The van der Waals surface area contributed by atoms with Crippen molar-refractivity contribution in [2.75, 3.05) is 0 Å². The summed E-state index contributed by atoms with van der Waals surface area (Å²) in [5, 5.41) is 2.32. The lowest BCUT2D eigenvalue weighted by Gasteiger charge is -2.03. The summed E-state index contributed by atoms with van der Waals surface area (Å²) in [6, 6.07) is 12.1. The Kier molecular flexibility index (Phi) is 2.64. The molecule has 0 amide bonds. The Morgan fingerprint density at radius 3 is 2.86 bits per heavy atom. The fraction of sp³-hybridized carbons (Fsp3) is 0.0833. The fourth-order valence-corrected chi connectivity index (χ4v) is 1.94. The highest BCUT2D eigenvalue weighted by atomic mass is 79.9. The van der Waals surface area contributed by atoms with Crippen molar-refractivity contribution in [1.82, 2.24) is 0 Å². The summed E-state index contributed by atoms with van der Waals surface area (Å²) in [6.45, 7) is 0. The van der Waals surface area contributed by atoms with Gasteiger partial charge in [0.15, 0.2) is 0 Å². The van der Waals surface area contributed by atoms with Crippen LogP contribution in [-0.2, 0) is 11.2 Å². The minimum absolute atomic E-state index is 0.480. The van der Waals surface area contributed by atoms with E-state index in [0.717, 1.165) is 21.7 Å². The summed E-state index contributed by atoms with van der Waals surface area (Å²) >= 11 is 3.43. The van der Waals surface area contributed by atoms with Crippen molar-refractivity contribution in [3.63, 3.8) is 0 Å². The van der Waals surface area contributed by atoms with Crippen molar-refractivity contribution >= 4 is 33.0 Å². The predicted octanol–water partition coefficient (Wildman–Crippen LogP) is 3.34. The summed E-state index contributed by atoms with van der Waals surface area (Å²) in [5.74, 6) is 0. The maximum absolute atomic E-state index is 10.5. The third-order valence-corrected chi connectivity index (χ3v) is 2.73. The highest BCUT2D eigenvalue weighted by Gasteiger charge is 2.00. The molecule has 0 aliphatic heterocycles. The van der Waals surface area contributed by atoms with Gasteiger partial charge in [-0.15, -0.1) is 0 Å². The summed E-state index contributed by atoms with van der Waals surface area (Å²) < 4.78 is 1.04. The molecule has 2 rings (SSSR count). The maximum Gasteiger partial charge on any atom is 0.124 e. The highest BCUT2D eigenvalue weighted by molar-refractivity contribution is 9.10. The molecule has 0 saturated carbocycles. The van der Waals surface area contributed by atoms with E-state index in [1.54, 1.807) is 0 Å². The van der Waals surface area contributed by atoms with Crippen LogP contribution in [0.5, 0.6) is 0 Å². The predicted molar refractivity (Wildman–Crippen MR) is 61.4 cm³/mol. The lowest BCUT2D eigenvalue weighted by molar-refractivity contribution is -0.107. The molecule has 14 heavy (non-hydrogen) atoms. The summed E-state index contributed by atoms with van der Waals surface area (Å²) in [4.78, 5) is 10.5. The molecular weight excluding hydrogens is 240 g/mol. The largest absolute Gasteiger partial charge is 0.303 e.